The molecule has 0 radical (unpaired) electrons. The van der Waals surface area contributed by atoms with E-state index in [9.17, 15) is 13.2 Å². The summed E-state index contributed by atoms with van der Waals surface area (Å²) in [6.07, 6.45) is 7.32. The first-order valence-electron chi connectivity index (χ1n) is 9.73. The van der Waals surface area contributed by atoms with Crippen LogP contribution in [0, 0.1) is 5.92 Å². The normalized spacial score (nSPS) is 26.8. The lowest BCUT2D eigenvalue weighted by Crippen LogP contribution is -2.40. The number of nitrogens with one attached hydrogen (secondary N) is 3. The monoisotopic (exact) mass is 429 g/mol. The number of benzene rings is 1. The molecule has 156 valence electrons. The van der Waals surface area contributed by atoms with Gasteiger partial charge in [0.2, 0.25) is 15.9 Å². The molecule has 1 heterocycles. The van der Waals surface area contributed by atoms with Crippen LogP contribution in [0.5, 0.6) is 5.75 Å². The summed E-state index contributed by atoms with van der Waals surface area (Å²) in [5.41, 5.74) is 0.387. The lowest BCUT2D eigenvalue weighted by molar-refractivity contribution is -0.117. The molecular weight excluding hydrogens is 402 g/mol. The molecule has 2 aliphatic carbocycles. The van der Waals surface area contributed by atoms with E-state index in [0.717, 1.165) is 25.7 Å². The number of anilines is 1. The fraction of sp³-hybridized carbons (Fsp3) is 0.632. The minimum absolute atomic E-state index is 0. The molecule has 3 fully saturated rings. The molecule has 7 nitrogen and oxygen atoms in total. The van der Waals surface area contributed by atoms with Gasteiger partial charge in [0.25, 0.3) is 0 Å². The van der Waals surface area contributed by atoms with Gasteiger partial charge in [0.05, 0.1) is 23.7 Å². The summed E-state index contributed by atoms with van der Waals surface area (Å²) in [6, 6.07) is 4.77. The highest BCUT2D eigenvalue weighted by molar-refractivity contribution is 7.89. The van der Waals surface area contributed by atoms with Gasteiger partial charge in [-0.25, -0.2) is 13.1 Å². The van der Waals surface area contributed by atoms with Crippen molar-refractivity contribution >= 4 is 34.0 Å². The topological polar surface area (TPSA) is 96.5 Å². The van der Waals surface area contributed by atoms with Crippen molar-refractivity contribution in [2.75, 3.05) is 12.4 Å². The number of rotatable bonds is 6. The second-order valence-corrected chi connectivity index (χ2v) is 9.57. The molecule has 4 rings (SSSR count). The van der Waals surface area contributed by atoms with E-state index in [0.29, 0.717) is 23.4 Å². The van der Waals surface area contributed by atoms with E-state index in [2.05, 4.69) is 15.4 Å². The smallest absolute Gasteiger partial charge is 0.241 e. The van der Waals surface area contributed by atoms with E-state index >= 15 is 0 Å². The number of halogens is 1. The average molecular weight is 430 g/mol. The molecule has 0 aromatic heterocycles. The second-order valence-electron chi connectivity index (χ2n) is 7.85. The maximum Gasteiger partial charge on any atom is 0.241 e. The third kappa shape index (κ3) is 4.62. The first-order chi connectivity index (χ1) is 13.0. The Hall–Kier alpha value is -1.35. The maximum atomic E-state index is 12.8. The second kappa shape index (κ2) is 8.57. The molecule has 1 saturated heterocycles. The summed E-state index contributed by atoms with van der Waals surface area (Å²) in [5.74, 6) is 0.877. The van der Waals surface area contributed by atoms with Crippen LogP contribution in [0.2, 0.25) is 0 Å². The van der Waals surface area contributed by atoms with E-state index in [1.807, 2.05) is 0 Å². The lowest BCUT2D eigenvalue weighted by atomic mass is 9.85. The van der Waals surface area contributed by atoms with Gasteiger partial charge >= 0.3 is 0 Å². The molecule has 1 aromatic carbocycles. The number of fused-ring (bicyclic) bond motifs is 1. The SMILES string of the molecule is COc1ccc(S(=O)(=O)NC2CC2)cc1NC(=O)C1CC2CCCCC2N1.Cl. The number of amides is 1. The number of methoxy groups -OCH3 is 1. The van der Waals surface area contributed by atoms with E-state index in [1.165, 1.54) is 38.5 Å². The van der Waals surface area contributed by atoms with E-state index in [-0.39, 0.29) is 35.3 Å². The van der Waals surface area contributed by atoms with Crippen LogP contribution in [0.25, 0.3) is 0 Å². The molecule has 1 aliphatic heterocycles. The first kappa shape index (κ1) is 21.4. The summed E-state index contributed by atoms with van der Waals surface area (Å²) in [5, 5.41) is 6.32. The quantitative estimate of drug-likeness (QED) is 0.645. The summed E-state index contributed by atoms with van der Waals surface area (Å²) in [6.45, 7) is 0. The van der Waals surface area contributed by atoms with E-state index in [4.69, 9.17) is 4.74 Å². The van der Waals surface area contributed by atoms with Gasteiger partial charge in [-0.15, -0.1) is 12.4 Å². The third-order valence-electron chi connectivity index (χ3n) is 5.82. The summed E-state index contributed by atoms with van der Waals surface area (Å²) < 4.78 is 32.9. The van der Waals surface area contributed by atoms with Crippen molar-refractivity contribution < 1.29 is 17.9 Å². The van der Waals surface area contributed by atoms with Crippen molar-refractivity contribution in [2.24, 2.45) is 5.92 Å². The largest absolute Gasteiger partial charge is 0.495 e. The molecule has 1 aromatic rings. The van der Waals surface area contributed by atoms with Crippen molar-refractivity contribution in [3.05, 3.63) is 18.2 Å². The summed E-state index contributed by atoms with van der Waals surface area (Å²) in [7, 11) is -2.09. The Labute approximate surface area is 172 Å². The summed E-state index contributed by atoms with van der Waals surface area (Å²) >= 11 is 0. The van der Waals surface area contributed by atoms with Crippen molar-refractivity contribution in [1.29, 1.82) is 0 Å². The highest BCUT2D eigenvalue weighted by Crippen LogP contribution is 2.34. The van der Waals surface area contributed by atoms with Gasteiger partial charge in [-0.05, 0) is 56.2 Å². The van der Waals surface area contributed by atoms with Gasteiger partial charge in [0, 0.05) is 12.1 Å². The Morgan fingerprint density at radius 2 is 1.93 bits per heavy atom. The van der Waals surface area contributed by atoms with E-state index < -0.39 is 10.0 Å². The van der Waals surface area contributed by atoms with Crippen LogP contribution in [0.3, 0.4) is 0 Å². The van der Waals surface area contributed by atoms with Crippen LogP contribution < -0.4 is 20.1 Å². The van der Waals surface area contributed by atoms with Gasteiger partial charge in [-0.3, -0.25) is 4.79 Å². The molecular formula is C19H28ClN3O4S. The zero-order valence-electron chi connectivity index (χ0n) is 15.9. The Balaban J connectivity index is 0.00000225. The van der Waals surface area contributed by atoms with Crippen molar-refractivity contribution in [3.8, 4) is 5.75 Å². The molecule has 28 heavy (non-hydrogen) atoms. The highest BCUT2D eigenvalue weighted by atomic mass is 35.5. The molecule has 0 bridgehead atoms. The summed E-state index contributed by atoms with van der Waals surface area (Å²) in [4.78, 5) is 12.9. The predicted octanol–water partition coefficient (Wildman–Crippen LogP) is 2.42. The van der Waals surface area contributed by atoms with Crippen molar-refractivity contribution in [1.82, 2.24) is 10.0 Å². The van der Waals surface area contributed by atoms with Gasteiger partial charge in [0.1, 0.15) is 5.75 Å². The first-order valence-corrected chi connectivity index (χ1v) is 11.2. The Morgan fingerprint density at radius 1 is 1.18 bits per heavy atom. The van der Waals surface area contributed by atoms with Crippen LogP contribution in [0.4, 0.5) is 5.69 Å². The van der Waals surface area contributed by atoms with Gasteiger partial charge in [0.15, 0.2) is 0 Å². The van der Waals surface area contributed by atoms with Crippen LogP contribution in [0.15, 0.2) is 23.1 Å². The predicted molar refractivity (Wildman–Crippen MR) is 110 cm³/mol. The lowest BCUT2D eigenvalue weighted by Gasteiger charge is -2.24. The van der Waals surface area contributed by atoms with Gasteiger partial charge < -0.3 is 15.4 Å². The minimum Gasteiger partial charge on any atom is -0.495 e. The number of carbonyl (C=O) groups is 1. The van der Waals surface area contributed by atoms with Crippen LogP contribution in [-0.4, -0.2) is 39.6 Å². The molecule has 1 amide bonds. The highest BCUT2D eigenvalue weighted by Gasteiger charge is 2.38. The molecule has 0 spiro atoms. The molecule has 3 N–H and O–H groups in total. The minimum atomic E-state index is -3.59. The molecule has 3 aliphatic rings. The van der Waals surface area contributed by atoms with Crippen LogP contribution >= 0.6 is 12.4 Å². The Bertz CT molecular complexity index is 814. The molecule has 3 unspecified atom stereocenters. The van der Waals surface area contributed by atoms with E-state index in [1.54, 1.807) is 6.07 Å². The standard InChI is InChI=1S/C19H27N3O4S.ClH/c1-26-18-9-8-14(27(24,25)22-13-6-7-13)11-16(18)21-19(23)17-10-12-4-2-3-5-15(12)20-17;/h8-9,11-13,15,17,20,22H,2-7,10H2,1H3,(H,21,23);1H. The number of ether oxygens (including phenoxy) is 1. The average Bonchev–Trinajstić information content (AvgIpc) is 3.34. The third-order valence-corrected chi connectivity index (χ3v) is 7.34. The van der Waals surface area contributed by atoms with Gasteiger partial charge in [-0.2, -0.15) is 0 Å². The Morgan fingerprint density at radius 3 is 2.61 bits per heavy atom. The number of hydrogen-bond donors (Lipinski definition) is 3. The fourth-order valence-electron chi connectivity index (χ4n) is 4.18. The van der Waals surface area contributed by atoms with Crippen LogP contribution in [0.1, 0.15) is 44.9 Å². The van der Waals surface area contributed by atoms with Crippen molar-refractivity contribution in [2.45, 2.75) is 68.0 Å². The fourth-order valence-corrected chi connectivity index (χ4v) is 5.51. The maximum absolute atomic E-state index is 12.8. The molecule has 2 saturated carbocycles. The number of sulfonamides is 1. The van der Waals surface area contributed by atoms with Crippen molar-refractivity contribution in [3.63, 3.8) is 0 Å². The van der Waals surface area contributed by atoms with Gasteiger partial charge in [-0.1, -0.05) is 12.8 Å². The zero-order chi connectivity index (χ0) is 19.0. The number of carbonyl (C=O) groups excluding carboxylic acids is 1. The zero-order valence-corrected chi connectivity index (χ0v) is 17.6. The molecule has 3 atom stereocenters. The number of hydrogen-bond acceptors (Lipinski definition) is 5. The van der Waals surface area contributed by atoms with Crippen LogP contribution in [-0.2, 0) is 14.8 Å². The molecule has 9 heteroatoms. The Kier molecular flexibility index (Phi) is 6.54.